The summed E-state index contributed by atoms with van der Waals surface area (Å²) in [7, 11) is -0.803. The highest BCUT2D eigenvalue weighted by atomic mass is 32.2. The number of nitrogens with one attached hydrogen (secondary N) is 2. The first-order chi connectivity index (χ1) is 23.4. The third-order valence-electron chi connectivity index (χ3n) is 8.50. The Labute approximate surface area is 289 Å². The number of carbonyl (C=O) groups excluding carboxylic acids is 2. The molecular weight excluding hydrogens is 648 g/mol. The standard InChI is InChI=1S/C36H48N4O8S/c1-25-22-40(26(2)24-41)35(42)32-21-29(38-49(44,45)31-17-15-30(46-5)16-18-31)14-19-33(32)48-27(3)11-9-10-20-47-34(25)23-39(4)36(43)37-28-12-7-6-8-13-28/h6-8,12-19,21,25-27,34,38,41H,9-11,20,22-24H2,1-5H3,(H,37,43)/t25-,26+,27+,34-/m0/s1. The number of hydrogen-bond donors (Lipinski definition) is 3. The molecule has 0 spiro atoms. The van der Waals surface area contributed by atoms with Gasteiger partial charge in [-0.15, -0.1) is 0 Å². The Kier molecular flexibility index (Phi) is 13.3. The minimum atomic E-state index is -4.00. The Bertz CT molecular complexity index is 1640. The molecule has 266 valence electrons. The first-order valence-corrected chi connectivity index (χ1v) is 18.0. The van der Waals surface area contributed by atoms with Crippen LogP contribution in [-0.4, -0.2) is 94.0 Å². The van der Waals surface area contributed by atoms with Crippen LogP contribution in [0.1, 0.15) is 50.4 Å². The van der Waals surface area contributed by atoms with Crippen molar-refractivity contribution in [3.63, 3.8) is 0 Å². The number of amides is 3. The van der Waals surface area contributed by atoms with Crippen LogP contribution in [0.5, 0.6) is 11.5 Å². The van der Waals surface area contributed by atoms with Crippen molar-refractivity contribution in [3.05, 3.63) is 78.4 Å². The highest BCUT2D eigenvalue weighted by molar-refractivity contribution is 7.92. The van der Waals surface area contributed by atoms with E-state index in [1.165, 1.54) is 25.3 Å². The Balaban J connectivity index is 1.63. The van der Waals surface area contributed by atoms with Crippen LogP contribution in [0.25, 0.3) is 0 Å². The molecule has 4 rings (SSSR count). The van der Waals surface area contributed by atoms with Crippen molar-refractivity contribution in [2.45, 2.75) is 63.2 Å². The lowest BCUT2D eigenvalue weighted by Crippen LogP contribution is -2.48. The van der Waals surface area contributed by atoms with Crippen LogP contribution in [0.2, 0.25) is 0 Å². The lowest BCUT2D eigenvalue weighted by atomic mass is 10.0. The van der Waals surface area contributed by atoms with Gasteiger partial charge in [0.25, 0.3) is 15.9 Å². The fraction of sp³-hybridized carbons (Fsp3) is 0.444. The van der Waals surface area contributed by atoms with Crippen LogP contribution in [0.3, 0.4) is 0 Å². The van der Waals surface area contributed by atoms with E-state index in [1.807, 2.05) is 44.2 Å². The summed E-state index contributed by atoms with van der Waals surface area (Å²) in [5.74, 6) is 0.138. The summed E-state index contributed by atoms with van der Waals surface area (Å²) in [5, 5.41) is 13.1. The summed E-state index contributed by atoms with van der Waals surface area (Å²) in [4.78, 5) is 30.6. The van der Waals surface area contributed by atoms with E-state index >= 15 is 0 Å². The molecule has 0 aromatic heterocycles. The molecule has 0 fully saturated rings. The molecule has 3 aromatic carbocycles. The summed E-state index contributed by atoms with van der Waals surface area (Å²) < 4.78 is 46.8. The molecule has 0 bridgehead atoms. The molecule has 1 aliphatic heterocycles. The third kappa shape index (κ3) is 10.3. The lowest BCUT2D eigenvalue weighted by molar-refractivity contribution is -0.0115. The van der Waals surface area contributed by atoms with E-state index < -0.39 is 28.1 Å². The summed E-state index contributed by atoms with van der Waals surface area (Å²) in [6.07, 6.45) is 1.60. The number of nitrogens with zero attached hydrogens (tertiary/aromatic N) is 2. The minimum absolute atomic E-state index is 0.0300. The Morgan fingerprint density at radius 3 is 2.45 bits per heavy atom. The topological polar surface area (TPSA) is 147 Å². The van der Waals surface area contributed by atoms with Gasteiger partial charge in [-0.1, -0.05) is 25.1 Å². The van der Waals surface area contributed by atoms with E-state index in [4.69, 9.17) is 14.2 Å². The fourth-order valence-electron chi connectivity index (χ4n) is 5.51. The zero-order chi connectivity index (χ0) is 35.6. The molecule has 3 amide bonds. The van der Waals surface area contributed by atoms with Crippen LogP contribution >= 0.6 is 0 Å². The smallest absolute Gasteiger partial charge is 0.321 e. The average molecular weight is 697 g/mol. The second-order valence-electron chi connectivity index (χ2n) is 12.5. The maximum absolute atomic E-state index is 14.4. The molecule has 0 saturated heterocycles. The molecule has 0 saturated carbocycles. The van der Waals surface area contributed by atoms with E-state index in [9.17, 15) is 23.1 Å². The molecule has 12 nitrogen and oxygen atoms in total. The van der Waals surface area contributed by atoms with Crippen LogP contribution in [-0.2, 0) is 14.8 Å². The highest BCUT2D eigenvalue weighted by Crippen LogP contribution is 2.30. The molecular formula is C36H48N4O8S. The van der Waals surface area contributed by atoms with Gasteiger partial charge in [0.1, 0.15) is 11.5 Å². The molecule has 4 atom stereocenters. The molecule has 0 radical (unpaired) electrons. The van der Waals surface area contributed by atoms with E-state index in [0.717, 1.165) is 12.8 Å². The molecule has 1 aliphatic rings. The number of methoxy groups -OCH3 is 1. The lowest BCUT2D eigenvalue weighted by Gasteiger charge is -2.35. The second kappa shape index (κ2) is 17.4. The maximum atomic E-state index is 14.4. The van der Waals surface area contributed by atoms with Crippen LogP contribution < -0.4 is 19.5 Å². The molecule has 0 aliphatic carbocycles. The summed E-state index contributed by atoms with van der Waals surface area (Å²) in [6.45, 7) is 6.22. The fourth-order valence-corrected chi connectivity index (χ4v) is 6.56. The van der Waals surface area contributed by atoms with Crippen molar-refractivity contribution in [1.29, 1.82) is 0 Å². The molecule has 1 heterocycles. The van der Waals surface area contributed by atoms with Gasteiger partial charge in [-0.2, -0.15) is 0 Å². The van der Waals surface area contributed by atoms with Gasteiger partial charge in [-0.3, -0.25) is 9.52 Å². The normalized spacial score (nSPS) is 19.8. The van der Waals surface area contributed by atoms with Gasteiger partial charge in [0.2, 0.25) is 0 Å². The SMILES string of the molecule is COc1ccc(S(=O)(=O)Nc2ccc3c(c2)C(=O)N([C@H](C)CO)C[C@H](C)[C@H](CN(C)C(=O)Nc2ccccc2)OCCCC[C@@H](C)O3)cc1. The first-order valence-electron chi connectivity index (χ1n) is 16.5. The number of ether oxygens (including phenoxy) is 3. The van der Waals surface area contributed by atoms with Crippen LogP contribution in [0.15, 0.2) is 77.7 Å². The van der Waals surface area contributed by atoms with Crippen molar-refractivity contribution in [2.75, 3.05) is 50.5 Å². The predicted molar refractivity (Wildman–Crippen MR) is 189 cm³/mol. The van der Waals surface area contributed by atoms with E-state index in [0.29, 0.717) is 30.2 Å². The Morgan fingerprint density at radius 1 is 1.06 bits per heavy atom. The van der Waals surface area contributed by atoms with Crippen molar-refractivity contribution >= 4 is 33.3 Å². The van der Waals surface area contributed by atoms with Gasteiger partial charge in [0, 0.05) is 44.0 Å². The zero-order valence-electron chi connectivity index (χ0n) is 28.8. The van der Waals surface area contributed by atoms with E-state index in [2.05, 4.69) is 10.0 Å². The molecule has 3 N–H and O–H groups in total. The summed E-state index contributed by atoms with van der Waals surface area (Å²) in [6, 6.07) is 18.9. The molecule has 3 aromatic rings. The number of benzene rings is 3. The number of aliphatic hydroxyl groups is 1. The van der Waals surface area contributed by atoms with Crippen molar-refractivity contribution in [3.8, 4) is 11.5 Å². The van der Waals surface area contributed by atoms with Gasteiger partial charge in [0.15, 0.2) is 0 Å². The Morgan fingerprint density at radius 2 is 1.78 bits per heavy atom. The minimum Gasteiger partial charge on any atom is -0.497 e. The van der Waals surface area contributed by atoms with Gasteiger partial charge < -0.3 is 34.4 Å². The average Bonchev–Trinajstić information content (AvgIpc) is 3.09. The monoisotopic (exact) mass is 696 g/mol. The van der Waals surface area contributed by atoms with E-state index in [-0.39, 0.29) is 53.9 Å². The summed E-state index contributed by atoms with van der Waals surface area (Å²) in [5.41, 5.74) is 1.01. The number of anilines is 2. The van der Waals surface area contributed by atoms with Crippen molar-refractivity contribution in [2.24, 2.45) is 5.92 Å². The molecule has 49 heavy (non-hydrogen) atoms. The molecule has 0 unspecified atom stereocenters. The maximum Gasteiger partial charge on any atom is 0.321 e. The third-order valence-corrected chi connectivity index (χ3v) is 9.90. The van der Waals surface area contributed by atoms with E-state index in [1.54, 1.807) is 48.0 Å². The second-order valence-corrected chi connectivity index (χ2v) is 14.2. The number of carbonyl (C=O) groups is 2. The predicted octanol–water partition coefficient (Wildman–Crippen LogP) is 5.46. The zero-order valence-corrected chi connectivity index (χ0v) is 29.6. The number of fused-ring (bicyclic) bond motifs is 1. The van der Waals surface area contributed by atoms with Gasteiger partial charge in [0.05, 0.1) is 42.4 Å². The van der Waals surface area contributed by atoms with Crippen molar-refractivity contribution in [1.82, 2.24) is 9.80 Å². The van der Waals surface area contributed by atoms with Crippen molar-refractivity contribution < 1.29 is 37.3 Å². The number of hydrogen-bond acceptors (Lipinski definition) is 8. The van der Waals surface area contributed by atoms with Crippen LogP contribution in [0, 0.1) is 5.92 Å². The quantitative estimate of drug-likeness (QED) is 0.268. The number of para-hydroxylation sites is 1. The first kappa shape index (κ1) is 37.5. The number of likely N-dealkylation sites (N-methyl/N-ethyl adjacent to an activating group) is 1. The largest absolute Gasteiger partial charge is 0.497 e. The van der Waals surface area contributed by atoms with Gasteiger partial charge in [-0.25, -0.2) is 13.2 Å². The van der Waals surface area contributed by atoms with Gasteiger partial charge >= 0.3 is 6.03 Å². The molecule has 13 heteroatoms. The number of urea groups is 1. The highest BCUT2D eigenvalue weighted by Gasteiger charge is 2.31. The summed E-state index contributed by atoms with van der Waals surface area (Å²) >= 11 is 0. The number of rotatable bonds is 9. The number of aliphatic hydroxyl groups excluding tert-OH is 1. The Hall–Kier alpha value is -4.33. The number of sulfonamides is 1. The van der Waals surface area contributed by atoms with Gasteiger partial charge in [-0.05, 0) is 87.7 Å². The van der Waals surface area contributed by atoms with Crippen LogP contribution in [0.4, 0.5) is 16.2 Å².